The Hall–Kier alpha value is -2.47. The maximum atomic E-state index is 13.1. The molecule has 1 saturated heterocycles. The van der Waals surface area contributed by atoms with Crippen LogP contribution in [0.25, 0.3) is 0 Å². The molecular weight excluding hydrogens is 382 g/mol. The molecule has 2 heterocycles. The molecule has 0 spiro atoms. The predicted octanol–water partition coefficient (Wildman–Crippen LogP) is 4.84. The van der Waals surface area contributed by atoms with Crippen molar-refractivity contribution in [3.63, 3.8) is 0 Å². The number of fused-ring (bicyclic) bond motifs is 2. The molecule has 29 heavy (non-hydrogen) atoms. The van der Waals surface area contributed by atoms with Crippen molar-refractivity contribution >= 4 is 35.0 Å². The van der Waals surface area contributed by atoms with Gasteiger partial charge in [-0.25, -0.2) is 0 Å². The molecule has 6 heteroatoms. The Labute approximate surface area is 176 Å². The molecule has 0 aliphatic carbocycles. The molecule has 1 unspecified atom stereocenters. The molecule has 152 valence electrons. The molecule has 0 aromatic heterocycles. The SMILES string of the molecule is CCN1c2cc(C(=O)Nc3cccc(SC)c3)ccc2C(=O)N2CCCCCC21. The van der Waals surface area contributed by atoms with Gasteiger partial charge in [0.25, 0.3) is 11.8 Å². The first-order valence-corrected chi connectivity index (χ1v) is 11.5. The predicted molar refractivity (Wildman–Crippen MR) is 119 cm³/mol. The van der Waals surface area contributed by atoms with Gasteiger partial charge in [0.15, 0.2) is 0 Å². The van der Waals surface area contributed by atoms with Crippen LogP contribution in [0.15, 0.2) is 47.4 Å². The second-order valence-corrected chi connectivity index (χ2v) is 8.41. The lowest BCUT2D eigenvalue weighted by atomic mass is 10.0. The lowest BCUT2D eigenvalue weighted by molar-refractivity contribution is 0.0656. The van der Waals surface area contributed by atoms with E-state index in [-0.39, 0.29) is 18.0 Å². The minimum atomic E-state index is -0.155. The summed E-state index contributed by atoms with van der Waals surface area (Å²) in [5.74, 6) is -0.0610. The molecule has 2 amide bonds. The van der Waals surface area contributed by atoms with E-state index in [0.717, 1.165) is 55.0 Å². The lowest BCUT2D eigenvalue weighted by Crippen LogP contribution is -2.55. The second-order valence-electron chi connectivity index (χ2n) is 7.53. The van der Waals surface area contributed by atoms with Crippen molar-refractivity contribution in [1.29, 1.82) is 0 Å². The van der Waals surface area contributed by atoms with Crippen LogP contribution in [-0.4, -0.2) is 42.2 Å². The zero-order valence-electron chi connectivity index (χ0n) is 17.0. The van der Waals surface area contributed by atoms with Crippen molar-refractivity contribution < 1.29 is 9.59 Å². The van der Waals surface area contributed by atoms with Crippen LogP contribution in [-0.2, 0) is 0 Å². The van der Waals surface area contributed by atoms with E-state index in [4.69, 9.17) is 0 Å². The van der Waals surface area contributed by atoms with Gasteiger partial charge >= 0.3 is 0 Å². The van der Waals surface area contributed by atoms with Crippen molar-refractivity contribution in [1.82, 2.24) is 4.90 Å². The third kappa shape index (κ3) is 3.86. The van der Waals surface area contributed by atoms with E-state index < -0.39 is 0 Å². The van der Waals surface area contributed by atoms with Crippen LogP contribution in [0.1, 0.15) is 53.3 Å². The highest BCUT2D eigenvalue weighted by atomic mass is 32.2. The highest BCUT2D eigenvalue weighted by Crippen LogP contribution is 2.35. The summed E-state index contributed by atoms with van der Waals surface area (Å²) in [5.41, 5.74) is 2.93. The zero-order chi connectivity index (χ0) is 20.4. The molecular formula is C23H27N3O2S. The van der Waals surface area contributed by atoms with Crippen LogP contribution in [0.3, 0.4) is 0 Å². The summed E-state index contributed by atoms with van der Waals surface area (Å²) in [6.45, 7) is 3.74. The van der Waals surface area contributed by atoms with Crippen molar-refractivity contribution in [2.24, 2.45) is 0 Å². The fraction of sp³-hybridized carbons (Fsp3) is 0.391. The summed E-state index contributed by atoms with van der Waals surface area (Å²) in [6, 6.07) is 13.3. The first-order valence-electron chi connectivity index (χ1n) is 10.3. The van der Waals surface area contributed by atoms with Gasteiger partial charge in [-0.3, -0.25) is 9.59 Å². The van der Waals surface area contributed by atoms with E-state index in [9.17, 15) is 9.59 Å². The van der Waals surface area contributed by atoms with Gasteiger partial charge in [0, 0.05) is 29.2 Å². The number of carbonyl (C=O) groups is 2. The summed E-state index contributed by atoms with van der Waals surface area (Å²) in [5, 5.41) is 2.98. The summed E-state index contributed by atoms with van der Waals surface area (Å²) in [4.78, 5) is 31.4. The third-order valence-electron chi connectivity index (χ3n) is 5.81. The van der Waals surface area contributed by atoms with Gasteiger partial charge in [-0.1, -0.05) is 12.5 Å². The van der Waals surface area contributed by atoms with Crippen molar-refractivity contribution in [2.75, 3.05) is 29.6 Å². The smallest absolute Gasteiger partial charge is 0.257 e. The Bertz CT molecular complexity index is 930. The lowest BCUT2D eigenvalue weighted by Gasteiger charge is -2.44. The zero-order valence-corrected chi connectivity index (χ0v) is 17.8. The minimum Gasteiger partial charge on any atom is -0.351 e. The topological polar surface area (TPSA) is 52.7 Å². The molecule has 0 bridgehead atoms. The molecule has 1 fully saturated rings. The van der Waals surface area contributed by atoms with E-state index in [1.165, 1.54) is 0 Å². The number of nitrogens with one attached hydrogen (secondary N) is 1. The monoisotopic (exact) mass is 409 g/mol. The van der Waals surface area contributed by atoms with Crippen LogP contribution < -0.4 is 10.2 Å². The molecule has 2 aliphatic rings. The summed E-state index contributed by atoms with van der Waals surface area (Å²) in [6.07, 6.45) is 6.45. The van der Waals surface area contributed by atoms with Gasteiger partial charge in [-0.05, 0) is 68.8 Å². The van der Waals surface area contributed by atoms with Gasteiger partial charge in [0.1, 0.15) is 6.17 Å². The number of thioether (sulfide) groups is 1. The van der Waals surface area contributed by atoms with Gasteiger partial charge in [-0.2, -0.15) is 0 Å². The Morgan fingerprint density at radius 3 is 2.83 bits per heavy atom. The third-order valence-corrected chi connectivity index (χ3v) is 6.54. The van der Waals surface area contributed by atoms with Gasteiger partial charge < -0.3 is 15.1 Å². The number of carbonyl (C=O) groups excluding carboxylic acids is 2. The number of anilines is 2. The number of rotatable bonds is 4. The molecule has 2 aliphatic heterocycles. The first-order chi connectivity index (χ1) is 14.1. The second kappa shape index (κ2) is 8.49. The number of benzene rings is 2. The first kappa shape index (κ1) is 19.8. The number of nitrogens with zero attached hydrogens (tertiary/aromatic N) is 2. The number of amides is 2. The normalized spacial score (nSPS) is 18.7. The fourth-order valence-corrected chi connectivity index (χ4v) is 4.80. The standard InChI is InChI=1S/C23H27N3O2S/c1-3-25-20-14-16(22(27)24-17-8-7-9-18(15-17)29-2)11-12-19(20)23(28)26-13-6-4-5-10-21(25)26/h7-9,11-12,14-15,21H,3-6,10,13H2,1-2H3,(H,24,27). The molecule has 1 atom stereocenters. The maximum Gasteiger partial charge on any atom is 0.257 e. The quantitative estimate of drug-likeness (QED) is 0.734. The molecule has 2 aromatic carbocycles. The summed E-state index contributed by atoms with van der Waals surface area (Å²) >= 11 is 1.64. The van der Waals surface area contributed by atoms with Gasteiger partial charge in [0.2, 0.25) is 0 Å². The van der Waals surface area contributed by atoms with Crippen LogP contribution >= 0.6 is 11.8 Å². The molecule has 0 saturated carbocycles. The Morgan fingerprint density at radius 1 is 1.17 bits per heavy atom. The van der Waals surface area contributed by atoms with Crippen LogP contribution in [0.5, 0.6) is 0 Å². The van der Waals surface area contributed by atoms with Crippen LogP contribution in [0, 0.1) is 0 Å². The van der Waals surface area contributed by atoms with Crippen molar-refractivity contribution in [3.05, 3.63) is 53.6 Å². The van der Waals surface area contributed by atoms with Gasteiger partial charge in [-0.15, -0.1) is 11.8 Å². The fourth-order valence-electron chi connectivity index (χ4n) is 4.34. The van der Waals surface area contributed by atoms with E-state index >= 15 is 0 Å². The van der Waals surface area contributed by atoms with Crippen molar-refractivity contribution in [2.45, 2.75) is 43.7 Å². The largest absolute Gasteiger partial charge is 0.351 e. The highest BCUT2D eigenvalue weighted by Gasteiger charge is 2.37. The van der Waals surface area contributed by atoms with Crippen LogP contribution in [0.4, 0.5) is 11.4 Å². The minimum absolute atomic E-state index is 0.0937. The Morgan fingerprint density at radius 2 is 2.03 bits per heavy atom. The van der Waals surface area contributed by atoms with E-state index in [0.29, 0.717) is 11.1 Å². The summed E-state index contributed by atoms with van der Waals surface area (Å²) in [7, 11) is 0. The van der Waals surface area contributed by atoms with Gasteiger partial charge in [0.05, 0.1) is 11.3 Å². The van der Waals surface area contributed by atoms with E-state index in [1.807, 2.05) is 47.6 Å². The maximum absolute atomic E-state index is 13.1. The van der Waals surface area contributed by atoms with Crippen LogP contribution in [0.2, 0.25) is 0 Å². The average molecular weight is 410 g/mol. The van der Waals surface area contributed by atoms with E-state index in [1.54, 1.807) is 17.8 Å². The average Bonchev–Trinajstić information content (AvgIpc) is 3.00. The molecule has 5 nitrogen and oxygen atoms in total. The highest BCUT2D eigenvalue weighted by molar-refractivity contribution is 7.98. The molecule has 0 radical (unpaired) electrons. The molecule has 2 aromatic rings. The molecule has 4 rings (SSSR count). The summed E-state index contributed by atoms with van der Waals surface area (Å²) < 4.78 is 0. The van der Waals surface area contributed by atoms with Crippen molar-refractivity contribution in [3.8, 4) is 0 Å². The Kier molecular flexibility index (Phi) is 5.81. The van der Waals surface area contributed by atoms with E-state index in [2.05, 4.69) is 17.1 Å². The number of hydrogen-bond acceptors (Lipinski definition) is 4. The molecule has 1 N–H and O–H groups in total. The Balaban J connectivity index is 1.64. The number of hydrogen-bond donors (Lipinski definition) is 1.